The maximum absolute atomic E-state index is 12.6. The Morgan fingerprint density at radius 1 is 0.608 bits per heavy atom. The molecule has 0 saturated heterocycles. The number of carboxylic acid groups (broad SMARTS) is 1. The van der Waals surface area contributed by atoms with Gasteiger partial charge >= 0.3 is 11.9 Å². The van der Waals surface area contributed by atoms with E-state index in [-0.39, 0.29) is 55.5 Å². The second-order valence-electron chi connectivity index (χ2n) is 13.5. The number of ether oxygens (including phenoxy) is 3. The number of hydrogen-bond donors (Lipinski definition) is 0. The van der Waals surface area contributed by atoms with Crippen LogP contribution in [0.2, 0.25) is 0 Å². The van der Waals surface area contributed by atoms with Crippen molar-refractivity contribution in [3.63, 3.8) is 0 Å². The molecule has 51 heavy (non-hydrogen) atoms. The van der Waals surface area contributed by atoms with Gasteiger partial charge in [0.2, 0.25) is 0 Å². The first-order valence-corrected chi connectivity index (χ1v) is 19.2. The fourth-order valence-electron chi connectivity index (χ4n) is 4.92. The number of carbonyl (C=O) groups excluding carboxylic acids is 3. The van der Waals surface area contributed by atoms with Crippen molar-refractivity contribution >= 4 is 17.9 Å². The summed E-state index contributed by atoms with van der Waals surface area (Å²) in [7, 11) is 5.36. The smallest absolute Gasteiger partial charge is 0.306 e. The van der Waals surface area contributed by atoms with Gasteiger partial charge in [0.25, 0.3) is 0 Å². The molecular weight excluding hydrogens is 642 g/mol. The van der Waals surface area contributed by atoms with Crippen molar-refractivity contribution in [2.45, 2.75) is 129 Å². The largest absolute Gasteiger partial charge is 0.544 e. The number of carbonyl (C=O) groups is 3. The van der Waals surface area contributed by atoms with Crippen LogP contribution in [0.4, 0.5) is 0 Å². The Balaban J connectivity index is 4.55. The molecule has 8 heteroatoms. The Morgan fingerprint density at radius 2 is 1.14 bits per heavy atom. The maximum Gasteiger partial charge on any atom is 0.306 e. The Bertz CT molecular complexity index is 1110. The first-order chi connectivity index (χ1) is 24.6. The molecule has 0 saturated carbocycles. The molecule has 0 radical (unpaired) electrons. The first kappa shape index (κ1) is 47.5. The van der Waals surface area contributed by atoms with Gasteiger partial charge in [-0.25, -0.2) is 0 Å². The Morgan fingerprint density at radius 3 is 1.80 bits per heavy atom. The zero-order valence-corrected chi connectivity index (χ0v) is 32.5. The second-order valence-corrected chi connectivity index (χ2v) is 13.5. The van der Waals surface area contributed by atoms with Crippen LogP contribution in [0.25, 0.3) is 0 Å². The average Bonchev–Trinajstić information content (AvgIpc) is 3.08. The molecule has 0 aromatic rings. The van der Waals surface area contributed by atoms with Gasteiger partial charge < -0.3 is 28.6 Å². The van der Waals surface area contributed by atoms with Crippen LogP contribution in [0.3, 0.4) is 0 Å². The van der Waals surface area contributed by atoms with Crippen molar-refractivity contribution in [3.05, 3.63) is 85.1 Å². The van der Waals surface area contributed by atoms with E-state index in [9.17, 15) is 19.5 Å². The molecule has 0 heterocycles. The summed E-state index contributed by atoms with van der Waals surface area (Å²) in [6.07, 6.45) is 41.8. The highest BCUT2D eigenvalue weighted by Gasteiger charge is 2.25. The summed E-state index contributed by atoms with van der Waals surface area (Å²) in [6, 6.07) is -0.739. The molecule has 0 aromatic carbocycles. The molecule has 8 nitrogen and oxygen atoms in total. The van der Waals surface area contributed by atoms with E-state index >= 15 is 0 Å². The van der Waals surface area contributed by atoms with E-state index in [0.717, 1.165) is 77.0 Å². The number of unbranched alkanes of at least 4 members (excludes halogenated alkanes) is 7. The van der Waals surface area contributed by atoms with Crippen molar-refractivity contribution in [1.29, 1.82) is 0 Å². The van der Waals surface area contributed by atoms with Crippen LogP contribution in [-0.4, -0.2) is 75.5 Å². The standard InChI is InChI=1S/C43H69NO7/c1-6-8-10-12-14-16-18-20-21-22-24-26-28-30-32-34-42(46)51-39(37-49-36-35-40(43(47)48)44(3,4)5)38-50-41(45)33-31-29-27-25-23-19-17-15-13-11-9-7-2/h8-12,14-18,20-21,23,25,39-40H,6-7,13,19,22,24,26-38H2,1-5H3/b10-8+,11-9+,14-12+,17-15+,18-16+,21-20+,25-23+. The van der Waals surface area contributed by atoms with E-state index in [1.54, 1.807) is 21.1 Å². The number of aliphatic carboxylic acids is 1. The molecule has 0 fully saturated rings. The molecule has 0 amide bonds. The quantitative estimate of drug-likeness (QED) is 0.0227. The lowest BCUT2D eigenvalue weighted by molar-refractivity contribution is -0.889. The zero-order valence-electron chi connectivity index (χ0n) is 32.5. The monoisotopic (exact) mass is 712 g/mol. The molecule has 2 unspecified atom stereocenters. The molecule has 0 spiro atoms. The Hall–Kier alpha value is -3.49. The van der Waals surface area contributed by atoms with Crippen LogP contribution in [0, 0.1) is 0 Å². The lowest BCUT2D eigenvalue weighted by Gasteiger charge is -2.34. The summed E-state index contributed by atoms with van der Waals surface area (Å²) < 4.78 is 17.0. The van der Waals surface area contributed by atoms with Crippen LogP contribution in [0.1, 0.15) is 117 Å². The molecule has 0 N–H and O–H groups in total. The predicted octanol–water partition coefficient (Wildman–Crippen LogP) is 8.46. The average molecular weight is 712 g/mol. The van der Waals surface area contributed by atoms with Gasteiger partial charge in [-0.2, -0.15) is 0 Å². The van der Waals surface area contributed by atoms with Gasteiger partial charge in [-0.15, -0.1) is 0 Å². The normalized spacial score (nSPS) is 14.0. The van der Waals surface area contributed by atoms with E-state index in [1.807, 2.05) is 30.4 Å². The third-order valence-electron chi connectivity index (χ3n) is 7.87. The highest BCUT2D eigenvalue weighted by molar-refractivity contribution is 5.70. The minimum Gasteiger partial charge on any atom is -0.544 e. The SMILES string of the molecule is CC/C=C/C=C/C=C/C=C/CCCCCCCC(=O)OC(COCCC(C(=O)[O-])[N+](C)(C)C)COC(=O)CCCC/C=C/C/C=C/C/C=C/CC. The van der Waals surface area contributed by atoms with Crippen molar-refractivity contribution in [2.75, 3.05) is 41.0 Å². The van der Waals surface area contributed by atoms with Gasteiger partial charge in [-0.3, -0.25) is 9.59 Å². The maximum atomic E-state index is 12.6. The third-order valence-corrected chi connectivity index (χ3v) is 7.87. The third kappa shape index (κ3) is 32.2. The fourth-order valence-corrected chi connectivity index (χ4v) is 4.92. The van der Waals surface area contributed by atoms with Crippen LogP contribution >= 0.6 is 0 Å². The van der Waals surface area contributed by atoms with E-state index in [4.69, 9.17) is 14.2 Å². The van der Waals surface area contributed by atoms with Crippen LogP contribution in [0.5, 0.6) is 0 Å². The first-order valence-electron chi connectivity index (χ1n) is 19.2. The van der Waals surface area contributed by atoms with Gasteiger partial charge in [-0.1, -0.05) is 118 Å². The number of nitrogens with zero attached hydrogens (tertiary/aromatic N) is 1. The number of carboxylic acids is 1. The van der Waals surface area contributed by atoms with E-state index in [1.165, 1.54) is 0 Å². The summed E-state index contributed by atoms with van der Waals surface area (Å²) in [6.45, 7) is 4.30. The van der Waals surface area contributed by atoms with Gasteiger partial charge in [0.05, 0.1) is 40.3 Å². The molecule has 0 bridgehead atoms. The number of quaternary nitrogens is 1. The van der Waals surface area contributed by atoms with Crippen LogP contribution < -0.4 is 5.11 Å². The van der Waals surface area contributed by atoms with E-state index < -0.39 is 18.1 Å². The Kier molecular flexibility index (Phi) is 31.3. The van der Waals surface area contributed by atoms with E-state index in [2.05, 4.69) is 68.5 Å². The number of hydrogen-bond acceptors (Lipinski definition) is 7. The van der Waals surface area contributed by atoms with Crippen molar-refractivity contribution in [1.82, 2.24) is 0 Å². The summed E-state index contributed by atoms with van der Waals surface area (Å²) >= 11 is 0. The lowest BCUT2D eigenvalue weighted by Crippen LogP contribution is -2.55. The van der Waals surface area contributed by atoms with Crippen molar-refractivity contribution in [2.24, 2.45) is 0 Å². The molecule has 0 aromatic heterocycles. The Labute approximate surface area is 310 Å². The van der Waals surface area contributed by atoms with Crippen LogP contribution in [0.15, 0.2) is 85.1 Å². The number of likely N-dealkylation sites (N-methyl/N-ethyl adjacent to an activating group) is 1. The minimum absolute atomic E-state index is 0.0129. The number of allylic oxidation sites excluding steroid dienone is 14. The van der Waals surface area contributed by atoms with Gasteiger partial charge in [0, 0.05) is 19.3 Å². The van der Waals surface area contributed by atoms with Crippen molar-refractivity contribution in [3.8, 4) is 0 Å². The lowest BCUT2D eigenvalue weighted by atomic mass is 10.1. The van der Waals surface area contributed by atoms with Crippen molar-refractivity contribution < 1.29 is 38.2 Å². The highest BCUT2D eigenvalue weighted by atomic mass is 16.6. The fraction of sp³-hybridized carbons (Fsp3) is 0.605. The summed E-state index contributed by atoms with van der Waals surface area (Å²) in [4.78, 5) is 36.7. The minimum atomic E-state index is -1.14. The summed E-state index contributed by atoms with van der Waals surface area (Å²) in [5, 5.41) is 11.6. The second kappa shape index (κ2) is 33.6. The van der Waals surface area contributed by atoms with Gasteiger partial charge in [0.15, 0.2) is 6.10 Å². The zero-order chi connectivity index (χ0) is 37.8. The molecule has 2 atom stereocenters. The molecule has 0 aliphatic heterocycles. The molecule has 0 aliphatic rings. The number of esters is 2. The molecule has 0 aliphatic carbocycles. The molecule has 288 valence electrons. The number of rotatable bonds is 32. The van der Waals surface area contributed by atoms with Gasteiger partial charge in [-0.05, 0) is 64.2 Å². The molecule has 0 rings (SSSR count). The highest BCUT2D eigenvalue weighted by Crippen LogP contribution is 2.11. The summed E-state index contributed by atoms with van der Waals surface area (Å²) in [5.41, 5.74) is 0. The topological polar surface area (TPSA) is 102 Å². The van der Waals surface area contributed by atoms with E-state index in [0.29, 0.717) is 6.42 Å². The van der Waals surface area contributed by atoms with Gasteiger partial charge in [0.1, 0.15) is 12.6 Å². The van der Waals surface area contributed by atoms with Crippen LogP contribution in [-0.2, 0) is 28.6 Å². The predicted molar refractivity (Wildman–Crippen MR) is 208 cm³/mol. The molecular formula is C43H69NO7. The summed E-state index contributed by atoms with van der Waals surface area (Å²) in [5.74, 6) is -1.84.